The van der Waals surface area contributed by atoms with Gasteiger partial charge in [-0.25, -0.2) is 0 Å². The van der Waals surface area contributed by atoms with Crippen LogP contribution in [-0.2, 0) is 6.54 Å². The number of carbonyl (C=O) groups is 1. The largest absolute Gasteiger partial charge is 0.494 e. The Morgan fingerprint density at radius 2 is 1.95 bits per heavy atom. The van der Waals surface area contributed by atoms with Gasteiger partial charge in [0.1, 0.15) is 11.4 Å². The summed E-state index contributed by atoms with van der Waals surface area (Å²) in [4.78, 5) is 17.9. The zero-order chi connectivity index (χ0) is 14.4. The Hall–Kier alpha value is -2.36. The molecule has 0 atom stereocenters. The second-order valence-corrected chi connectivity index (χ2v) is 4.45. The van der Waals surface area contributed by atoms with Crippen LogP contribution < -0.4 is 4.74 Å². The maximum Gasteiger partial charge on any atom is 0.272 e. The molecule has 20 heavy (non-hydrogen) atoms. The highest BCUT2D eigenvalue weighted by Crippen LogP contribution is 2.14. The van der Waals surface area contributed by atoms with Crippen LogP contribution in [0, 0.1) is 0 Å². The Kier molecular flexibility index (Phi) is 4.71. The van der Waals surface area contributed by atoms with Gasteiger partial charge in [0.15, 0.2) is 0 Å². The molecule has 2 aromatic rings. The maximum absolute atomic E-state index is 12.2. The number of hydrogen-bond donors (Lipinski definition) is 0. The Labute approximate surface area is 119 Å². The first kappa shape index (κ1) is 14.1. The van der Waals surface area contributed by atoms with E-state index in [0.717, 1.165) is 11.3 Å². The molecule has 0 fully saturated rings. The molecule has 0 spiro atoms. The molecule has 1 aromatic heterocycles. The molecule has 2 rings (SSSR count). The molecule has 1 amide bonds. The highest BCUT2D eigenvalue weighted by Gasteiger charge is 2.12. The Morgan fingerprint density at radius 1 is 1.20 bits per heavy atom. The van der Waals surface area contributed by atoms with E-state index in [9.17, 15) is 4.79 Å². The van der Waals surface area contributed by atoms with Crippen molar-refractivity contribution in [3.8, 4) is 5.75 Å². The van der Waals surface area contributed by atoms with Gasteiger partial charge in [0.25, 0.3) is 5.91 Å². The molecule has 1 aromatic carbocycles. The van der Waals surface area contributed by atoms with Crippen molar-refractivity contribution in [3.63, 3.8) is 0 Å². The van der Waals surface area contributed by atoms with Crippen molar-refractivity contribution in [3.05, 3.63) is 59.9 Å². The smallest absolute Gasteiger partial charge is 0.272 e. The number of amides is 1. The van der Waals surface area contributed by atoms with Crippen molar-refractivity contribution in [1.29, 1.82) is 0 Å². The number of rotatable bonds is 5. The molecule has 4 heteroatoms. The molecule has 1 heterocycles. The zero-order valence-corrected chi connectivity index (χ0v) is 11.7. The number of benzene rings is 1. The fourth-order valence-corrected chi connectivity index (χ4v) is 1.89. The number of nitrogens with zero attached hydrogens (tertiary/aromatic N) is 2. The second kappa shape index (κ2) is 6.70. The summed E-state index contributed by atoms with van der Waals surface area (Å²) >= 11 is 0. The lowest BCUT2D eigenvalue weighted by Gasteiger charge is -2.17. The normalized spacial score (nSPS) is 10.1. The van der Waals surface area contributed by atoms with Gasteiger partial charge in [0.2, 0.25) is 0 Å². The van der Waals surface area contributed by atoms with Crippen molar-refractivity contribution >= 4 is 5.91 Å². The first-order chi connectivity index (χ1) is 9.70. The van der Waals surface area contributed by atoms with Crippen LogP contribution in [-0.4, -0.2) is 29.4 Å². The van der Waals surface area contributed by atoms with Crippen molar-refractivity contribution in [2.24, 2.45) is 0 Å². The highest BCUT2D eigenvalue weighted by molar-refractivity contribution is 5.91. The summed E-state index contributed by atoms with van der Waals surface area (Å²) in [5.74, 6) is 0.759. The van der Waals surface area contributed by atoms with Gasteiger partial charge in [0, 0.05) is 19.8 Å². The van der Waals surface area contributed by atoms with Gasteiger partial charge in [-0.05, 0) is 36.8 Å². The van der Waals surface area contributed by atoms with E-state index in [1.165, 1.54) is 0 Å². The van der Waals surface area contributed by atoms with E-state index in [2.05, 4.69) is 4.98 Å². The molecule has 104 valence electrons. The molecule has 0 saturated heterocycles. The molecule has 0 aliphatic carbocycles. The maximum atomic E-state index is 12.2. The van der Waals surface area contributed by atoms with Crippen LogP contribution in [0.1, 0.15) is 23.0 Å². The summed E-state index contributed by atoms with van der Waals surface area (Å²) in [6, 6.07) is 13.1. The number of aromatic nitrogens is 1. The lowest BCUT2D eigenvalue weighted by atomic mass is 10.2. The van der Waals surface area contributed by atoms with Crippen molar-refractivity contribution in [2.75, 3.05) is 13.7 Å². The topological polar surface area (TPSA) is 42.4 Å². The molecule has 0 aliphatic rings. The number of ether oxygens (including phenoxy) is 1. The van der Waals surface area contributed by atoms with Gasteiger partial charge in [-0.3, -0.25) is 9.78 Å². The summed E-state index contributed by atoms with van der Waals surface area (Å²) < 4.78 is 5.39. The standard InChI is InChI=1S/C16H18N2O2/c1-3-20-14-9-7-13(8-10-14)12-18(2)16(19)15-6-4-5-11-17-15/h4-11H,3,12H2,1-2H3. The number of hydrogen-bond acceptors (Lipinski definition) is 3. The monoisotopic (exact) mass is 270 g/mol. The third-order valence-electron chi connectivity index (χ3n) is 2.88. The van der Waals surface area contributed by atoms with Crippen LogP contribution in [0.25, 0.3) is 0 Å². The van der Waals surface area contributed by atoms with E-state index in [-0.39, 0.29) is 5.91 Å². The molecule has 0 bridgehead atoms. The summed E-state index contributed by atoms with van der Waals surface area (Å²) in [7, 11) is 1.77. The molecule has 0 N–H and O–H groups in total. The van der Waals surface area contributed by atoms with Gasteiger partial charge in [-0.2, -0.15) is 0 Å². The van der Waals surface area contributed by atoms with Crippen LogP contribution in [0.4, 0.5) is 0 Å². The Bertz CT molecular complexity index is 552. The van der Waals surface area contributed by atoms with Crippen LogP contribution in [0.3, 0.4) is 0 Å². The number of pyridine rings is 1. The van der Waals surface area contributed by atoms with Crippen molar-refractivity contribution in [1.82, 2.24) is 9.88 Å². The molecule has 0 unspecified atom stereocenters. The van der Waals surface area contributed by atoms with Crippen molar-refractivity contribution < 1.29 is 9.53 Å². The Morgan fingerprint density at radius 3 is 2.55 bits per heavy atom. The van der Waals surface area contributed by atoms with Crippen LogP contribution in [0.5, 0.6) is 5.75 Å². The third kappa shape index (κ3) is 3.57. The average molecular weight is 270 g/mol. The van der Waals surface area contributed by atoms with Gasteiger partial charge in [-0.15, -0.1) is 0 Å². The molecule has 0 saturated carbocycles. The van der Waals surface area contributed by atoms with E-state index in [1.807, 2.05) is 37.3 Å². The van der Waals surface area contributed by atoms with Crippen molar-refractivity contribution in [2.45, 2.75) is 13.5 Å². The quantitative estimate of drug-likeness (QED) is 0.839. The van der Waals surface area contributed by atoms with E-state index < -0.39 is 0 Å². The Balaban J connectivity index is 2.00. The van der Waals surface area contributed by atoms with Crippen LogP contribution >= 0.6 is 0 Å². The summed E-state index contributed by atoms with van der Waals surface area (Å²) in [5, 5.41) is 0. The number of carbonyl (C=O) groups excluding carboxylic acids is 1. The van der Waals surface area contributed by atoms with Gasteiger partial charge >= 0.3 is 0 Å². The van der Waals surface area contributed by atoms with Crippen LogP contribution in [0.15, 0.2) is 48.7 Å². The minimum Gasteiger partial charge on any atom is -0.494 e. The lowest BCUT2D eigenvalue weighted by molar-refractivity contribution is 0.0779. The third-order valence-corrected chi connectivity index (χ3v) is 2.88. The average Bonchev–Trinajstić information content (AvgIpc) is 2.49. The van der Waals surface area contributed by atoms with E-state index >= 15 is 0 Å². The van der Waals surface area contributed by atoms with E-state index in [0.29, 0.717) is 18.8 Å². The minimum atomic E-state index is -0.0838. The highest BCUT2D eigenvalue weighted by atomic mass is 16.5. The van der Waals surface area contributed by atoms with E-state index in [4.69, 9.17) is 4.74 Å². The second-order valence-electron chi connectivity index (χ2n) is 4.45. The van der Waals surface area contributed by atoms with E-state index in [1.54, 1.807) is 30.3 Å². The summed E-state index contributed by atoms with van der Waals surface area (Å²) in [6.07, 6.45) is 1.62. The fourth-order valence-electron chi connectivity index (χ4n) is 1.89. The molecule has 0 radical (unpaired) electrons. The first-order valence-electron chi connectivity index (χ1n) is 6.59. The van der Waals surface area contributed by atoms with Gasteiger partial charge < -0.3 is 9.64 Å². The SMILES string of the molecule is CCOc1ccc(CN(C)C(=O)c2ccccn2)cc1. The predicted octanol–water partition coefficient (Wildman–Crippen LogP) is 2.75. The molecule has 4 nitrogen and oxygen atoms in total. The van der Waals surface area contributed by atoms with Gasteiger partial charge in [-0.1, -0.05) is 18.2 Å². The first-order valence-corrected chi connectivity index (χ1v) is 6.59. The van der Waals surface area contributed by atoms with Crippen LogP contribution in [0.2, 0.25) is 0 Å². The predicted molar refractivity (Wildman–Crippen MR) is 77.6 cm³/mol. The summed E-state index contributed by atoms with van der Waals surface area (Å²) in [5.41, 5.74) is 1.51. The molecule has 0 aliphatic heterocycles. The molecular formula is C16H18N2O2. The zero-order valence-electron chi connectivity index (χ0n) is 11.7. The molecular weight excluding hydrogens is 252 g/mol. The lowest BCUT2D eigenvalue weighted by Crippen LogP contribution is -2.26. The fraction of sp³-hybridized carbons (Fsp3) is 0.250. The summed E-state index contributed by atoms with van der Waals surface area (Å²) in [6.45, 7) is 3.15. The minimum absolute atomic E-state index is 0.0838. The van der Waals surface area contributed by atoms with Gasteiger partial charge in [0.05, 0.1) is 6.61 Å².